The van der Waals surface area contributed by atoms with Gasteiger partial charge in [-0.1, -0.05) is 26.8 Å². The van der Waals surface area contributed by atoms with E-state index in [-0.39, 0.29) is 11.3 Å². The molecule has 0 aliphatic rings. The number of hydrogen-bond acceptors (Lipinski definition) is 3. The van der Waals surface area contributed by atoms with Crippen LogP contribution in [0.25, 0.3) is 0 Å². The first-order valence-electron chi connectivity index (χ1n) is 8.92. The summed E-state index contributed by atoms with van der Waals surface area (Å²) in [7, 11) is -3.61. The molecule has 1 aromatic rings. The zero-order valence-corrected chi connectivity index (χ0v) is 18.4. The van der Waals surface area contributed by atoms with Crippen LogP contribution < -0.4 is 9.62 Å². The Labute approximate surface area is 159 Å². The van der Waals surface area contributed by atoms with Crippen LogP contribution in [0.2, 0.25) is 0 Å². The monoisotopic (exact) mass is 382 g/mol. The zero-order chi connectivity index (χ0) is 20.5. The lowest BCUT2D eigenvalue weighted by atomic mass is 9.81. The van der Waals surface area contributed by atoms with Crippen LogP contribution in [-0.4, -0.2) is 32.2 Å². The van der Waals surface area contributed by atoms with E-state index in [4.69, 9.17) is 0 Å². The van der Waals surface area contributed by atoms with E-state index >= 15 is 0 Å². The van der Waals surface area contributed by atoms with Crippen LogP contribution in [0.3, 0.4) is 0 Å². The molecular formula is C20H34N2O3S. The summed E-state index contributed by atoms with van der Waals surface area (Å²) in [4.78, 5) is 12.9. The van der Waals surface area contributed by atoms with Crippen LogP contribution in [0.1, 0.15) is 59.1 Å². The normalized spacial score (nSPS) is 14.0. The summed E-state index contributed by atoms with van der Waals surface area (Å²) in [6.07, 6.45) is 1.91. The van der Waals surface area contributed by atoms with Gasteiger partial charge in [0.1, 0.15) is 6.04 Å². The molecule has 26 heavy (non-hydrogen) atoms. The topological polar surface area (TPSA) is 66.5 Å². The highest BCUT2D eigenvalue weighted by molar-refractivity contribution is 7.92. The van der Waals surface area contributed by atoms with Gasteiger partial charge in [-0.05, 0) is 69.7 Å². The molecule has 6 heteroatoms. The summed E-state index contributed by atoms with van der Waals surface area (Å²) in [5.41, 5.74) is 2.03. The average Bonchev–Trinajstić information content (AvgIpc) is 2.31. The van der Waals surface area contributed by atoms with Gasteiger partial charge in [0.25, 0.3) is 0 Å². The second-order valence-electron chi connectivity index (χ2n) is 9.19. The van der Waals surface area contributed by atoms with Gasteiger partial charge in [-0.25, -0.2) is 8.42 Å². The third-order valence-electron chi connectivity index (χ3n) is 3.98. The number of benzene rings is 1. The Balaban J connectivity index is 3.18. The minimum atomic E-state index is -3.61. The van der Waals surface area contributed by atoms with Crippen molar-refractivity contribution < 1.29 is 13.2 Å². The van der Waals surface area contributed by atoms with Crippen molar-refractivity contribution in [1.82, 2.24) is 5.32 Å². The van der Waals surface area contributed by atoms with Crippen molar-refractivity contribution in [1.29, 1.82) is 0 Å². The molecule has 0 radical (unpaired) electrons. The number of rotatable bonds is 6. The van der Waals surface area contributed by atoms with Crippen molar-refractivity contribution in [3.8, 4) is 0 Å². The number of anilines is 1. The minimum Gasteiger partial charge on any atom is -0.349 e. The number of sulfonamides is 1. The highest BCUT2D eigenvalue weighted by Gasteiger charge is 2.33. The van der Waals surface area contributed by atoms with Crippen LogP contribution >= 0.6 is 0 Å². The number of hydrogen-bond donors (Lipinski definition) is 1. The smallest absolute Gasteiger partial charge is 0.244 e. The number of nitrogens with one attached hydrogen (secondary N) is 1. The van der Waals surface area contributed by atoms with E-state index in [1.807, 2.05) is 33.8 Å². The summed E-state index contributed by atoms with van der Waals surface area (Å²) >= 11 is 0. The lowest BCUT2D eigenvalue weighted by Gasteiger charge is -2.36. The Morgan fingerprint density at radius 1 is 1.08 bits per heavy atom. The van der Waals surface area contributed by atoms with E-state index in [0.717, 1.165) is 23.8 Å². The average molecular weight is 383 g/mol. The SMILES string of the molecule is Cc1cc(C)cc(N(C(C)C(=O)NC(C)(C)CC(C)(C)C)S(C)(=O)=O)c1. The molecule has 0 bridgehead atoms. The molecule has 1 unspecified atom stereocenters. The molecule has 0 aromatic heterocycles. The lowest BCUT2D eigenvalue weighted by Crippen LogP contribution is -2.54. The molecule has 0 saturated carbocycles. The van der Waals surface area contributed by atoms with Gasteiger partial charge >= 0.3 is 0 Å². The summed E-state index contributed by atoms with van der Waals surface area (Å²) in [6.45, 7) is 15.7. The molecule has 1 aromatic carbocycles. The molecule has 148 valence electrons. The molecule has 0 heterocycles. The van der Waals surface area contributed by atoms with Gasteiger partial charge in [0.2, 0.25) is 15.9 Å². The van der Waals surface area contributed by atoms with Crippen molar-refractivity contribution in [2.75, 3.05) is 10.6 Å². The van der Waals surface area contributed by atoms with Gasteiger partial charge in [0.15, 0.2) is 0 Å². The van der Waals surface area contributed by atoms with Crippen LogP contribution in [0.15, 0.2) is 18.2 Å². The van der Waals surface area contributed by atoms with Crippen LogP contribution in [0, 0.1) is 19.3 Å². The van der Waals surface area contributed by atoms with E-state index in [0.29, 0.717) is 5.69 Å². The summed E-state index contributed by atoms with van der Waals surface area (Å²) in [5.74, 6) is -0.302. The maximum atomic E-state index is 12.9. The standard InChI is InChI=1S/C20H34N2O3S/c1-14-10-15(2)12-17(11-14)22(26(9,24)25)16(3)18(23)21-20(7,8)13-19(4,5)6/h10-12,16H,13H2,1-9H3,(H,21,23). The molecule has 0 aliphatic carbocycles. The molecule has 0 fully saturated rings. The summed E-state index contributed by atoms with van der Waals surface area (Å²) in [6, 6.07) is 4.71. The van der Waals surface area contributed by atoms with Crippen molar-refractivity contribution in [3.63, 3.8) is 0 Å². The van der Waals surface area contributed by atoms with Gasteiger partial charge in [-0.3, -0.25) is 9.10 Å². The fraction of sp³-hybridized carbons (Fsp3) is 0.650. The van der Waals surface area contributed by atoms with E-state index in [1.54, 1.807) is 19.1 Å². The number of carbonyl (C=O) groups excluding carboxylic acids is 1. The first kappa shape index (κ1) is 22.5. The Bertz CT molecular complexity index is 742. The molecule has 0 spiro atoms. The molecule has 5 nitrogen and oxygen atoms in total. The molecule has 0 aliphatic heterocycles. The van der Waals surface area contributed by atoms with E-state index < -0.39 is 21.6 Å². The number of aryl methyl sites for hydroxylation is 2. The number of amides is 1. The zero-order valence-electron chi connectivity index (χ0n) is 17.6. The maximum absolute atomic E-state index is 12.9. The van der Waals surface area contributed by atoms with Gasteiger partial charge < -0.3 is 5.32 Å². The minimum absolute atomic E-state index is 0.0458. The summed E-state index contributed by atoms with van der Waals surface area (Å²) < 4.78 is 26.1. The summed E-state index contributed by atoms with van der Waals surface area (Å²) in [5, 5.41) is 3.02. The van der Waals surface area contributed by atoms with Gasteiger partial charge in [0.05, 0.1) is 11.9 Å². The Morgan fingerprint density at radius 2 is 1.54 bits per heavy atom. The van der Waals surface area contributed by atoms with Gasteiger partial charge in [-0.2, -0.15) is 0 Å². The third-order valence-corrected chi connectivity index (χ3v) is 5.22. The van der Waals surface area contributed by atoms with Crippen LogP contribution in [0.4, 0.5) is 5.69 Å². The Morgan fingerprint density at radius 3 is 1.92 bits per heavy atom. The second kappa shape index (κ2) is 7.59. The molecule has 1 N–H and O–H groups in total. The Hall–Kier alpha value is -1.56. The first-order valence-corrected chi connectivity index (χ1v) is 10.8. The highest BCUT2D eigenvalue weighted by atomic mass is 32.2. The third kappa shape index (κ3) is 6.63. The second-order valence-corrected chi connectivity index (χ2v) is 11.1. The maximum Gasteiger partial charge on any atom is 0.244 e. The van der Waals surface area contributed by atoms with Crippen molar-refractivity contribution in [2.45, 2.75) is 73.4 Å². The molecule has 1 rings (SSSR count). The first-order chi connectivity index (χ1) is 11.5. The molecular weight excluding hydrogens is 348 g/mol. The lowest BCUT2D eigenvalue weighted by molar-refractivity contribution is -0.123. The molecule has 0 saturated heterocycles. The van der Waals surface area contributed by atoms with Crippen LogP contribution in [-0.2, 0) is 14.8 Å². The number of carbonyl (C=O) groups is 1. The van der Waals surface area contributed by atoms with E-state index in [2.05, 4.69) is 26.1 Å². The largest absolute Gasteiger partial charge is 0.349 e. The fourth-order valence-corrected chi connectivity index (χ4v) is 4.85. The van der Waals surface area contributed by atoms with Gasteiger partial charge in [0, 0.05) is 5.54 Å². The quantitative estimate of drug-likeness (QED) is 0.814. The van der Waals surface area contributed by atoms with Crippen LogP contribution in [0.5, 0.6) is 0 Å². The predicted octanol–water partition coefficient (Wildman–Crippen LogP) is 3.79. The number of nitrogens with zero attached hydrogens (tertiary/aromatic N) is 1. The van der Waals surface area contributed by atoms with Crippen molar-refractivity contribution in [2.24, 2.45) is 5.41 Å². The van der Waals surface area contributed by atoms with Crippen molar-refractivity contribution >= 4 is 21.6 Å². The fourth-order valence-electron chi connectivity index (χ4n) is 3.69. The van der Waals surface area contributed by atoms with E-state index in [1.165, 1.54) is 4.31 Å². The van der Waals surface area contributed by atoms with Crippen molar-refractivity contribution in [3.05, 3.63) is 29.3 Å². The Kier molecular flexibility index (Phi) is 6.56. The highest BCUT2D eigenvalue weighted by Crippen LogP contribution is 2.28. The molecule has 1 amide bonds. The van der Waals surface area contributed by atoms with E-state index in [9.17, 15) is 13.2 Å². The van der Waals surface area contributed by atoms with Gasteiger partial charge in [-0.15, -0.1) is 0 Å². The molecule has 1 atom stereocenters. The predicted molar refractivity (Wildman–Crippen MR) is 109 cm³/mol.